The minimum atomic E-state index is -1.23. The van der Waals surface area contributed by atoms with Crippen LogP contribution in [0.5, 0.6) is 0 Å². The van der Waals surface area contributed by atoms with E-state index in [1.807, 2.05) is 6.92 Å². The van der Waals surface area contributed by atoms with Gasteiger partial charge in [-0.1, -0.05) is 38.8 Å². The molecular weight excluding hydrogens is 468 g/mol. The molecule has 6 rings (SSSR count). The lowest BCUT2D eigenvalue weighted by atomic mass is 9.43. The van der Waals surface area contributed by atoms with Crippen molar-refractivity contribution in [1.82, 2.24) is 0 Å². The van der Waals surface area contributed by atoms with E-state index in [1.165, 1.54) is 0 Å². The topological polar surface area (TPSA) is 91.3 Å². The molecule has 5 fully saturated rings. The second-order valence-electron chi connectivity index (χ2n) is 12.3. The summed E-state index contributed by atoms with van der Waals surface area (Å²) in [5, 5.41) is 11.2. The number of thiocarbonyl (C=S) groups is 1. The number of ether oxygens (including phenoxy) is 4. The van der Waals surface area contributed by atoms with Crippen LogP contribution in [-0.2, 0) is 28.5 Å². The number of hydrogen-bond donors (Lipinski definition) is 1. The minimum Gasteiger partial charge on any atom is -0.481 e. The fourth-order valence-corrected chi connectivity index (χ4v) is 9.77. The zero-order valence-electron chi connectivity index (χ0n) is 20.9. The lowest BCUT2D eigenvalue weighted by Crippen LogP contribution is -2.63. The fourth-order valence-electron chi connectivity index (χ4n) is 9.53. The van der Waals surface area contributed by atoms with Gasteiger partial charge >= 0.3 is 11.2 Å². The molecule has 1 N–H and O–H groups in total. The Morgan fingerprint density at radius 2 is 2.06 bits per heavy atom. The van der Waals surface area contributed by atoms with Gasteiger partial charge in [0.2, 0.25) is 0 Å². The summed E-state index contributed by atoms with van der Waals surface area (Å²) in [7, 11) is 0. The molecule has 0 aromatic rings. The van der Waals surface area contributed by atoms with E-state index in [0.29, 0.717) is 24.7 Å². The fraction of sp³-hybridized carbons (Fsp3) is 0.815. The second kappa shape index (κ2) is 7.75. The van der Waals surface area contributed by atoms with Gasteiger partial charge in [-0.15, -0.1) is 0 Å². The maximum atomic E-state index is 13.5. The van der Waals surface area contributed by atoms with Crippen LogP contribution < -0.4 is 0 Å². The number of carbonyl (C=O) groups is 2. The van der Waals surface area contributed by atoms with Crippen molar-refractivity contribution in [2.45, 2.75) is 84.4 Å². The van der Waals surface area contributed by atoms with Crippen LogP contribution in [0.3, 0.4) is 0 Å². The minimum absolute atomic E-state index is 0.00593. The van der Waals surface area contributed by atoms with E-state index in [2.05, 4.69) is 26.8 Å². The SMILES string of the molecule is CC(C)C1=CC2CC3(C=O)[C@@H]4CC[C@@H](C)[C@H]4CC2(CO[C@H]2CC4OC(=S)OC4[C@@H](C)O2)C13C(=O)O. The van der Waals surface area contributed by atoms with Crippen LogP contribution in [0.2, 0.25) is 0 Å². The number of allylic oxidation sites excluding steroid dienone is 1. The molecule has 4 aliphatic carbocycles. The molecule has 0 aromatic carbocycles. The van der Waals surface area contributed by atoms with E-state index in [4.69, 9.17) is 31.2 Å². The molecule has 2 heterocycles. The van der Waals surface area contributed by atoms with Gasteiger partial charge in [-0.25, -0.2) is 0 Å². The van der Waals surface area contributed by atoms with Gasteiger partial charge in [0.15, 0.2) is 12.4 Å². The molecule has 11 atom stereocenters. The van der Waals surface area contributed by atoms with Gasteiger partial charge in [-0.2, -0.15) is 0 Å². The molecule has 2 aliphatic heterocycles. The van der Waals surface area contributed by atoms with Gasteiger partial charge in [0.05, 0.1) is 18.1 Å². The highest BCUT2D eigenvalue weighted by molar-refractivity contribution is 7.79. The summed E-state index contributed by atoms with van der Waals surface area (Å²) >= 11 is 5.09. The lowest BCUT2D eigenvalue weighted by molar-refractivity contribution is -0.248. The highest BCUT2D eigenvalue weighted by Gasteiger charge is 2.84. The molecule has 7 nitrogen and oxygen atoms in total. The van der Waals surface area contributed by atoms with Crippen molar-refractivity contribution < 1.29 is 33.6 Å². The third-order valence-electron chi connectivity index (χ3n) is 10.7. The summed E-state index contributed by atoms with van der Waals surface area (Å²) in [6.07, 6.45) is 5.80. The maximum Gasteiger partial charge on any atom is 0.353 e. The van der Waals surface area contributed by atoms with Crippen LogP contribution >= 0.6 is 12.2 Å². The number of carboxylic acids is 1. The van der Waals surface area contributed by atoms with Gasteiger partial charge in [-0.3, -0.25) is 4.79 Å². The molecule has 35 heavy (non-hydrogen) atoms. The largest absolute Gasteiger partial charge is 0.481 e. The Balaban J connectivity index is 1.38. The first kappa shape index (κ1) is 23.9. The third kappa shape index (κ3) is 2.77. The van der Waals surface area contributed by atoms with E-state index in [-0.39, 0.29) is 47.9 Å². The maximum absolute atomic E-state index is 13.5. The van der Waals surface area contributed by atoms with Crippen LogP contribution in [0.15, 0.2) is 11.6 Å². The van der Waals surface area contributed by atoms with Gasteiger partial charge in [0, 0.05) is 24.1 Å². The van der Waals surface area contributed by atoms with Crippen molar-refractivity contribution in [3.05, 3.63) is 11.6 Å². The van der Waals surface area contributed by atoms with Crippen LogP contribution in [0, 0.1) is 45.8 Å². The summed E-state index contributed by atoms with van der Waals surface area (Å²) in [6.45, 7) is 8.55. The predicted molar refractivity (Wildman–Crippen MR) is 129 cm³/mol. The van der Waals surface area contributed by atoms with E-state index < -0.39 is 28.5 Å². The van der Waals surface area contributed by atoms with Gasteiger partial charge < -0.3 is 28.8 Å². The molecule has 0 radical (unpaired) electrons. The summed E-state index contributed by atoms with van der Waals surface area (Å²) in [5.74, 6) is 0.112. The normalized spacial score (nSPS) is 51.5. The summed E-state index contributed by atoms with van der Waals surface area (Å²) in [4.78, 5) is 26.6. The highest BCUT2D eigenvalue weighted by atomic mass is 32.1. The van der Waals surface area contributed by atoms with E-state index in [0.717, 1.165) is 31.1 Å². The first-order valence-electron chi connectivity index (χ1n) is 13.2. The Hall–Kier alpha value is -1.51. The van der Waals surface area contributed by atoms with Crippen molar-refractivity contribution in [3.63, 3.8) is 0 Å². The number of carbonyl (C=O) groups excluding carboxylic acids is 1. The quantitative estimate of drug-likeness (QED) is 0.328. The zero-order chi connectivity index (χ0) is 24.9. The molecular formula is C27H36O7S. The van der Waals surface area contributed by atoms with Gasteiger partial charge in [-0.05, 0) is 55.8 Å². The van der Waals surface area contributed by atoms with Gasteiger partial charge in [0.25, 0.3) is 0 Å². The molecule has 0 spiro atoms. The third-order valence-corrected chi connectivity index (χ3v) is 10.9. The summed E-state index contributed by atoms with van der Waals surface area (Å²) in [5.41, 5.74) is -1.85. The van der Waals surface area contributed by atoms with Crippen molar-refractivity contribution in [2.75, 3.05) is 6.61 Å². The number of rotatable bonds is 6. The van der Waals surface area contributed by atoms with E-state index >= 15 is 0 Å². The predicted octanol–water partition coefficient (Wildman–Crippen LogP) is 4.13. The molecule has 8 heteroatoms. The number of hydrogen-bond acceptors (Lipinski definition) is 7. The average Bonchev–Trinajstić information content (AvgIpc) is 3.49. The monoisotopic (exact) mass is 504 g/mol. The van der Waals surface area contributed by atoms with Gasteiger partial charge in [0.1, 0.15) is 17.8 Å². The molecule has 2 saturated heterocycles. The first-order valence-corrected chi connectivity index (χ1v) is 13.6. The average molecular weight is 505 g/mol. The van der Waals surface area contributed by atoms with Crippen LogP contribution in [0.4, 0.5) is 0 Å². The number of fused-ring (bicyclic) bond motifs is 3. The Kier molecular flexibility index (Phi) is 5.28. The number of aliphatic carboxylic acids is 1. The second-order valence-corrected chi connectivity index (χ2v) is 12.6. The van der Waals surface area contributed by atoms with E-state index in [9.17, 15) is 14.7 Å². The molecule has 6 unspecified atom stereocenters. The Morgan fingerprint density at radius 1 is 1.29 bits per heavy atom. The molecule has 0 aromatic heterocycles. The molecule has 3 saturated carbocycles. The highest BCUT2D eigenvalue weighted by Crippen LogP contribution is 2.82. The Bertz CT molecular complexity index is 994. The first-order chi connectivity index (χ1) is 16.6. The standard InChI is InChI=1S/C27H36O7S/c1-13(2)19-7-16-9-25(11-28)18-6-5-14(3)17(18)10-26(16,27(19,25)23(29)30)12-31-21-8-20-22(15(4)32-21)34-24(35)33-20/h7,11,13-18,20-22H,5-6,8-10,12H2,1-4H3,(H,29,30)/t14-,15-,16?,17-,18-,20?,21-,22?,25?,26?,27?/m1/s1. The number of carboxylic acid groups (broad SMARTS) is 1. The molecule has 6 aliphatic rings. The van der Waals surface area contributed by atoms with Crippen molar-refractivity contribution >= 4 is 29.7 Å². The van der Waals surface area contributed by atoms with Crippen molar-refractivity contribution in [1.29, 1.82) is 0 Å². The zero-order valence-corrected chi connectivity index (χ0v) is 21.7. The van der Waals surface area contributed by atoms with Crippen LogP contribution in [0.1, 0.15) is 59.8 Å². The Labute approximate surface area is 211 Å². The Morgan fingerprint density at radius 3 is 2.74 bits per heavy atom. The smallest absolute Gasteiger partial charge is 0.353 e. The summed E-state index contributed by atoms with van der Waals surface area (Å²) < 4.78 is 23.9. The molecule has 0 amide bonds. The van der Waals surface area contributed by atoms with E-state index in [1.54, 1.807) is 0 Å². The van der Waals surface area contributed by atoms with Crippen molar-refractivity contribution in [2.24, 2.45) is 45.8 Å². The van der Waals surface area contributed by atoms with Crippen molar-refractivity contribution in [3.8, 4) is 0 Å². The molecule has 192 valence electrons. The summed E-state index contributed by atoms with van der Waals surface area (Å²) in [6, 6.07) is 0. The van der Waals surface area contributed by atoms with Crippen LogP contribution in [-0.4, -0.2) is 53.8 Å². The van der Waals surface area contributed by atoms with Crippen LogP contribution in [0.25, 0.3) is 0 Å². The molecule has 4 bridgehead atoms. The lowest BCUT2D eigenvalue weighted by Gasteiger charge is -2.58. The number of aldehydes is 1.